The second kappa shape index (κ2) is 12.1. The lowest BCUT2D eigenvalue weighted by atomic mass is 9.70. The molecule has 3 heterocycles. The normalized spacial score (nSPS) is 27.8. The summed E-state index contributed by atoms with van der Waals surface area (Å²) >= 11 is 8.26. The summed E-state index contributed by atoms with van der Waals surface area (Å²) in [6.07, 6.45) is 6.10. The quantitative estimate of drug-likeness (QED) is 0.374. The number of nitrogens with zero attached hydrogens (tertiary/aromatic N) is 3. The van der Waals surface area contributed by atoms with Crippen molar-refractivity contribution in [2.24, 2.45) is 11.8 Å². The number of benzene rings is 1. The van der Waals surface area contributed by atoms with Crippen molar-refractivity contribution in [2.45, 2.75) is 68.5 Å². The van der Waals surface area contributed by atoms with Crippen molar-refractivity contribution in [1.29, 1.82) is 0 Å². The molecule has 9 heteroatoms. The van der Waals surface area contributed by atoms with E-state index in [0.29, 0.717) is 36.6 Å². The number of fused-ring (bicyclic) bond motifs is 1. The molecule has 2 unspecified atom stereocenters. The number of carbonyl (C=O) groups excluding carboxylic acids is 3. The molecule has 3 fully saturated rings. The topological polar surface area (TPSA) is 81.2 Å². The number of likely N-dealkylation sites (tertiary alicyclic amines) is 1. The summed E-state index contributed by atoms with van der Waals surface area (Å²) in [6, 6.07) is 4.14. The first-order valence-corrected chi connectivity index (χ1v) is 15.2. The molecule has 0 saturated carbocycles. The van der Waals surface area contributed by atoms with E-state index in [1.807, 2.05) is 32.9 Å². The highest BCUT2D eigenvalue weighted by Gasteiger charge is 2.74. The van der Waals surface area contributed by atoms with Crippen molar-refractivity contribution in [3.63, 3.8) is 0 Å². The highest BCUT2D eigenvalue weighted by atomic mass is 35.5. The largest absolute Gasteiger partial charge is 0.394 e. The Morgan fingerprint density at radius 1 is 1.26 bits per heavy atom. The van der Waals surface area contributed by atoms with Gasteiger partial charge in [-0.05, 0) is 44.2 Å². The maximum Gasteiger partial charge on any atom is 0.251 e. The van der Waals surface area contributed by atoms with Crippen LogP contribution in [0.2, 0.25) is 5.02 Å². The predicted molar refractivity (Wildman–Crippen MR) is 158 cm³/mol. The summed E-state index contributed by atoms with van der Waals surface area (Å²) in [5.41, 5.74) is 1.44. The Bertz CT molecular complexity index is 1120. The lowest BCUT2D eigenvalue weighted by Crippen LogP contribution is -2.57. The molecule has 1 aromatic carbocycles. The van der Waals surface area contributed by atoms with Gasteiger partial charge in [-0.3, -0.25) is 14.4 Å². The van der Waals surface area contributed by atoms with Crippen LogP contribution in [0.15, 0.2) is 43.5 Å². The highest BCUT2D eigenvalue weighted by Crippen LogP contribution is 2.67. The van der Waals surface area contributed by atoms with Crippen LogP contribution < -0.4 is 4.90 Å². The van der Waals surface area contributed by atoms with E-state index in [0.717, 1.165) is 18.4 Å². The number of rotatable bonds is 12. The van der Waals surface area contributed by atoms with Gasteiger partial charge in [0.05, 0.1) is 39.9 Å². The number of aryl methyl sites for hydroxylation is 1. The van der Waals surface area contributed by atoms with Crippen molar-refractivity contribution in [2.75, 3.05) is 31.1 Å². The molecule has 0 aliphatic carbocycles. The van der Waals surface area contributed by atoms with E-state index in [2.05, 4.69) is 13.2 Å². The number of thioether (sulfide) groups is 1. The molecule has 0 aromatic heterocycles. The molecular formula is C30H40ClN3O4S. The predicted octanol–water partition coefficient (Wildman–Crippen LogP) is 4.45. The van der Waals surface area contributed by atoms with E-state index in [4.69, 9.17) is 11.6 Å². The molecule has 7 nitrogen and oxygen atoms in total. The molecule has 2 bridgehead atoms. The van der Waals surface area contributed by atoms with E-state index in [-0.39, 0.29) is 36.1 Å². The van der Waals surface area contributed by atoms with Crippen LogP contribution in [0.3, 0.4) is 0 Å². The van der Waals surface area contributed by atoms with E-state index < -0.39 is 28.7 Å². The number of anilines is 1. The van der Waals surface area contributed by atoms with Crippen molar-refractivity contribution < 1.29 is 19.5 Å². The van der Waals surface area contributed by atoms with Gasteiger partial charge in [-0.25, -0.2) is 0 Å². The van der Waals surface area contributed by atoms with Crippen molar-refractivity contribution in [3.8, 4) is 0 Å². The molecule has 3 aliphatic heterocycles. The summed E-state index contributed by atoms with van der Waals surface area (Å²) in [7, 11) is 0. The molecule has 1 spiro atoms. The summed E-state index contributed by atoms with van der Waals surface area (Å²) in [4.78, 5) is 48.0. The van der Waals surface area contributed by atoms with Crippen LogP contribution in [0, 0.1) is 18.8 Å². The van der Waals surface area contributed by atoms with Crippen LogP contribution >= 0.6 is 23.4 Å². The fourth-order valence-corrected chi connectivity index (χ4v) is 9.44. The second-order valence-electron chi connectivity index (χ2n) is 10.8. The Hall–Kier alpha value is -2.29. The van der Waals surface area contributed by atoms with Gasteiger partial charge in [0, 0.05) is 24.9 Å². The lowest BCUT2D eigenvalue weighted by Gasteiger charge is -2.40. The Morgan fingerprint density at radius 3 is 2.56 bits per heavy atom. The molecule has 1 N–H and O–H groups in total. The van der Waals surface area contributed by atoms with Gasteiger partial charge in [0.2, 0.25) is 11.8 Å². The van der Waals surface area contributed by atoms with E-state index in [1.54, 1.807) is 44.7 Å². The van der Waals surface area contributed by atoms with Gasteiger partial charge in [-0.15, -0.1) is 24.9 Å². The van der Waals surface area contributed by atoms with Gasteiger partial charge < -0.3 is 19.8 Å². The number of hydrogen-bond acceptors (Lipinski definition) is 5. The number of aliphatic hydroxyl groups is 1. The minimum atomic E-state index is -0.824. The molecule has 3 aliphatic rings. The zero-order valence-corrected chi connectivity index (χ0v) is 24.7. The third-order valence-corrected chi connectivity index (χ3v) is 10.8. The number of amides is 3. The summed E-state index contributed by atoms with van der Waals surface area (Å²) in [5, 5.41) is 10.7. The molecule has 39 heavy (non-hydrogen) atoms. The van der Waals surface area contributed by atoms with Gasteiger partial charge in [0.25, 0.3) is 5.91 Å². The van der Waals surface area contributed by atoms with Crippen LogP contribution in [0.25, 0.3) is 0 Å². The standard InChI is InChI=1S/C30H40ClN3O4S/c1-6-15-32(16-7-2)27(36)23-22-13-14-30(39-22)24(23)28(37)34(20(9-4)18-35)26(30)29(38)33(17-8-3)25-19(5)11-10-12-21(25)31/h6,8,10-12,20,22-24,26,35H,1,3,7,9,13-18H2,2,4-5H3/t20-,22-,23+,24-,26?,30?/m0/s1. The van der Waals surface area contributed by atoms with Gasteiger partial charge in [0.15, 0.2) is 0 Å². The third-order valence-electron chi connectivity index (χ3n) is 8.52. The van der Waals surface area contributed by atoms with Gasteiger partial charge in [-0.1, -0.05) is 49.7 Å². The first kappa shape index (κ1) is 29.7. The van der Waals surface area contributed by atoms with Gasteiger partial charge >= 0.3 is 0 Å². The summed E-state index contributed by atoms with van der Waals surface area (Å²) in [6.45, 7) is 14.5. The van der Waals surface area contributed by atoms with Crippen LogP contribution in [0.4, 0.5) is 5.69 Å². The number of halogens is 1. The number of carbonyl (C=O) groups is 3. The zero-order chi connectivity index (χ0) is 28.5. The smallest absolute Gasteiger partial charge is 0.251 e. The first-order valence-electron chi connectivity index (χ1n) is 13.9. The number of para-hydroxylation sites is 1. The zero-order valence-electron chi connectivity index (χ0n) is 23.1. The molecular weight excluding hydrogens is 534 g/mol. The Labute approximate surface area is 241 Å². The number of hydrogen-bond donors (Lipinski definition) is 1. The molecule has 4 rings (SSSR count). The summed E-state index contributed by atoms with van der Waals surface area (Å²) < 4.78 is -0.748. The molecule has 3 amide bonds. The summed E-state index contributed by atoms with van der Waals surface area (Å²) in [5.74, 6) is -1.61. The third kappa shape index (κ3) is 4.82. The molecule has 0 radical (unpaired) electrons. The van der Waals surface area contributed by atoms with Crippen LogP contribution in [-0.4, -0.2) is 80.9 Å². The molecule has 212 valence electrons. The second-order valence-corrected chi connectivity index (χ2v) is 12.8. The van der Waals surface area contributed by atoms with E-state index in [1.165, 1.54) is 0 Å². The average molecular weight is 574 g/mol. The fraction of sp³-hybridized carbons (Fsp3) is 0.567. The lowest BCUT2D eigenvalue weighted by molar-refractivity contribution is -0.145. The van der Waals surface area contributed by atoms with Crippen molar-refractivity contribution in [3.05, 3.63) is 54.1 Å². The molecule has 3 saturated heterocycles. The van der Waals surface area contributed by atoms with Crippen LogP contribution in [0.5, 0.6) is 0 Å². The highest BCUT2D eigenvalue weighted by molar-refractivity contribution is 8.02. The first-order chi connectivity index (χ1) is 18.7. The van der Waals surface area contributed by atoms with E-state index >= 15 is 0 Å². The Kier molecular flexibility index (Phi) is 9.19. The maximum atomic E-state index is 14.7. The minimum absolute atomic E-state index is 0.0304. The van der Waals surface area contributed by atoms with Crippen molar-refractivity contribution in [1.82, 2.24) is 9.80 Å². The Balaban J connectivity index is 1.83. The van der Waals surface area contributed by atoms with Crippen LogP contribution in [-0.2, 0) is 14.4 Å². The monoisotopic (exact) mass is 573 g/mol. The fourth-order valence-electron chi connectivity index (χ4n) is 6.92. The number of aliphatic hydroxyl groups excluding tert-OH is 1. The molecule has 6 atom stereocenters. The minimum Gasteiger partial charge on any atom is -0.394 e. The van der Waals surface area contributed by atoms with E-state index in [9.17, 15) is 19.5 Å². The van der Waals surface area contributed by atoms with Gasteiger partial charge in [0.1, 0.15) is 6.04 Å². The van der Waals surface area contributed by atoms with Crippen LogP contribution in [0.1, 0.15) is 45.1 Å². The molecule has 1 aromatic rings. The van der Waals surface area contributed by atoms with Crippen molar-refractivity contribution >= 4 is 46.8 Å². The van der Waals surface area contributed by atoms with Gasteiger partial charge in [-0.2, -0.15) is 0 Å². The average Bonchev–Trinajstić information content (AvgIpc) is 3.56. The Morgan fingerprint density at radius 2 is 1.97 bits per heavy atom. The SMILES string of the molecule is C=CCN(CCC)C(=O)[C@@H]1[C@@H]2CCC3(S2)C(C(=O)N(CC=C)c2c(C)cccc2Cl)N([C@@H](CC)CO)C(=O)[C@H]13. The maximum absolute atomic E-state index is 14.7.